The average molecular weight is 226 g/mol. The highest BCUT2D eigenvalue weighted by Crippen LogP contribution is 2.29. The Labute approximate surface area is 102 Å². The average Bonchev–Trinajstić information content (AvgIpc) is 3.01. The molecule has 1 N–H and O–H groups in total. The van der Waals surface area contributed by atoms with Gasteiger partial charge in [0.25, 0.3) is 0 Å². The number of hydrogen-bond donors (Lipinski definition) is 1. The molecular formula is C14H30N2. The van der Waals surface area contributed by atoms with Crippen molar-refractivity contribution in [3.8, 4) is 0 Å². The molecule has 0 amide bonds. The van der Waals surface area contributed by atoms with Crippen molar-refractivity contribution in [1.29, 1.82) is 0 Å². The van der Waals surface area contributed by atoms with Crippen LogP contribution in [-0.4, -0.2) is 37.1 Å². The molecule has 1 aliphatic carbocycles. The maximum Gasteiger partial charge on any atom is 0.0217 e. The van der Waals surface area contributed by atoms with Crippen LogP contribution in [0.15, 0.2) is 0 Å². The Morgan fingerprint density at radius 3 is 2.38 bits per heavy atom. The van der Waals surface area contributed by atoms with Crippen LogP contribution in [0.5, 0.6) is 0 Å². The monoisotopic (exact) mass is 226 g/mol. The molecule has 0 aromatic carbocycles. The summed E-state index contributed by atoms with van der Waals surface area (Å²) in [5.74, 6) is 1.75. The molecule has 1 unspecified atom stereocenters. The number of hydrogen-bond acceptors (Lipinski definition) is 2. The molecule has 1 rings (SSSR count). The van der Waals surface area contributed by atoms with Gasteiger partial charge in [-0.05, 0) is 44.2 Å². The molecule has 0 aromatic heterocycles. The second-order valence-corrected chi connectivity index (χ2v) is 5.61. The Balaban J connectivity index is 2.35. The summed E-state index contributed by atoms with van der Waals surface area (Å²) >= 11 is 0. The topological polar surface area (TPSA) is 15.3 Å². The van der Waals surface area contributed by atoms with Crippen molar-refractivity contribution < 1.29 is 0 Å². The molecule has 0 heterocycles. The molecule has 2 nitrogen and oxygen atoms in total. The quantitative estimate of drug-likeness (QED) is 0.650. The van der Waals surface area contributed by atoms with E-state index in [0.717, 1.165) is 18.4 Å². The summed E-state index contributed by atoms with van der Waals surface area (Å²) in [5, 5.41) is 3.62. The molecule has 1 fully saturated rings. The van der Waals surface area contributed by atoms with E-state index < -0.39 is 0 Å². The number of nitrogens with one attached hydrogen (secondary N) is 1. The molecule has 1 aliphatic rings. The zero-order chi connectivity index (χ0) is 12.0. The van der Waals surface area contributed by atoms with E-state index in [1.807, 2.05) is 0 Å². The first kappa shape index (κ1) is 14.0. The van der Waals surface area contributed by atoms with Crippen molar-refractivity contribution >= 4 is 0 Å². The molecule has 0 bridgehead atoms. The fraction of sp³-hybridized carbons (Fsp3) is 1.00. The standard InChI is InChI=1S/C14H30N2/c1-5-9-16(10-13-7-8-13)11-14(12(3)4)15-6-2/h12-15H,5-11H2,1-4H3. The summed E-state index contributed by atoms with van der Waals surface area (Å²) in [7, 11) is 0. The summed E-state index contributed by atoms with van der Waals surface area (Å²) in [5.41, 5.74) is 0. The highest BCUT2D eigenvalue weighted by Gasteiger charge is 2.25. The van der Waals surface area contributed by atoms with Crippen LogP contribution in [0.2, 0.25) is 0 Å². The number of likely N-dealkylation sites (N-methyl/N-ethyl adjacent to an activating group) is 1. The van der Waals surface area contributed by atoms with E-state index in [1.165, 1.54) is 38.9 Å². The molecular weight excluding hydrogens is 196 g/mol. The van der Waals surface area contributed by atoms with Gasteiger partial charge in [0.15, 0.2) is 0 Å². The second kappa shape index (κ2) is 7.29. The number of nitrogens with zero attached hydrogens (tertiary/aromatic N) is 1. The van der Waals surface area contributed by atoms with Crippen molar-refractivity contribution in [3.05, 3.63) is 0 Å². The SMILES string of the molecule is CCCN(CC1CC1)CC(NCC)C(C)C. The summed E-state index contributed by atoms with van der Waals surface area (Å²) in [6.07, 6.45) is 4.21. The maximum atomic E-state index is 3.62. The summed E-state index contributed by atoms with van der Waals surface area (Å²) in [6, 6.07) is 0.662. The lowest BCUT2D eigenvalue weighted by molar-refractivity contribution is 0.212. The van der Waals surface area contributed by atoms with E-state index in [1.54, 1.807) is 0 Å². The van der Waals surface area contributed by atoms with Crippen LogP contribution in [0.4, 0.5) is 0 Å². The van der Waals surface area contributed by atoms with Gasteiger partial charge in [-0.15, -0.1) is 0 Å². The van der Waals surface area contributed by atoms with Crippen molar-refractivity contribution in [2.75, 3.05) is 26.2 Å². The largest absolute Gasteiger partial charge is 0.313 e. The minimum Gasteiger partial charge on any atom is -0.313 e. The van der Waals surface area contributed by atoms with E-state index in [0.29, 0.717) is 6.04 Å². The molecule has 0 aromatic rings. The lowest BCUT2D eigenvalue weighted by atomic mass is 10.0. The van der Waals surface area contributed by atoms with Crippen LogP contribution in [0.1, 0.15) is 47.0 Å². The van der Waals surface area contributed by atoms with Crippen LogP contribution >= 0.6 is 0 Å². The Morgan fingerprint density at radius 2 is 1.94 bits per heavy atom. The fourth-order valence-corrected chi connectivity index (χ4v) is 2.29. The minimum absolute atomic E-state index is 0.662. The van der Waals surface area contributed by atoms with Crippen LogP contribution in [0, 0.1) is 11.8 Å². The van der Waals surface area contributed by atoms with Gasteiger partial charge in [0.05, 0.1) is 0 Å². The lowest BCUT2D eigenvalue weighted by Gasteiger charge is -2.30. The van der Waals surface area contributed by atoms with Gasteiger partial charge in [-0.1, -0.05) is 27.7 Å². The first-order chi connectivity index (χ1) is 7.67. The van der Waals surface area contributed by atoms with Gasteiger partial charge in [0.2, 0.25) is 0 Å². The summed E-state index contributed by atoms with van der Waals surface area (Å²) in [4.78, 5) is 2.67. The van der Waals surface area contributed by atoms with Gasteiger partial charge in [0, 0.05) is 19.1 Å². The van der Waals surface area contributed by atoms with E-state index in [-0.39, 0.29) is 0 Å². The maximum absolute atomic E-state index is 3.62. The Bertz CT molecular complexity index is 176. The second-order valence-electron chi connectivity index (χ2n) is 5.61. The summed E-state index contributed by atoms with van der Waals surface area (Å²) < 4.78 is 0. The Hall–Kier alpha value is -0.0800. The van der Waals surface area contributed by atoms with Gasteiger partial charge < -0.3 is 10.2 Å². The van der Waals surface area contributed by atoms with E-state index in [2.05, 4.69) is 37.9 Å². The van der Waals surface area contributed by atoms with Crippen molar-refractivity contribution in [2.24, 2.45) is 11.8 Å². The minimum atomic E-state index is 0.662. The van der Waals surface area contributed by atoms with Gasteiger partial charge in [0.1, 0.15) is 0 Å². The Kier molecular flexibility index (Phi) is 6.37. The molecule has 1 saturated carbocycles. The first-order valence-corrected chi connectivity index (χ1v) is 7.13. The van der Waals surface area contributed by atoms with Crippen molar-refractivity contribution in [1.82, 2.24) is 10.2 Å². The van der Waals surface area contributed by atoms with Crippen LogP contribution < -0.4 is 5.32 Å². The molecule has 96 valence electrons. The van der Waals surface area contributed by atoms with Gasteiger partial charge in [-0.2, -0.15) is 0 Å². The van der Waals surface area contributed by atoms with E-state index in [9.17, 15) is 0 Å². The van der Waals surface area contributed by atoms with Gasteiger partial charge in [-0.25, -0.2) is 0 Å². The third-order valence-corrected chi connectivity index (χ3v) is 3.48. The van der Waals surface area contributed by atoms with Crippen molar-refractivity contribution in [2.45, 2.75) is 53.0 Å². The van der Waals surface area contributed by atoms with Crippen LogP contribution in [0.25, 0.3) is 0 Å². The highest BCUT2D eigenvalue weighted by atomic mass is 15.2. The molecule has 0 saturated heterocycles. The molecule has 2 heteroatoms. The Morgan fingerprint density at radius 1 is 1.25 bits per heavy atom. The van der Waals surface area contributed by atoms with Crippen molar-refractivity contribution in [3.63, 3.8) is 0 Å². The smallest absolute Gasteiger partial charge is 0.0217 e. The molecule has 1 atom stereocenters. The first-order valence-electron chi connectivity index (χ1n) is 7.13. The zero-order valence-corrected chi connectivity index (χ0v) is 11.6. The van der Waals surface area contributed by atoms with Gasteiger partial charge in [-0.3, -0.25) is 0 Å². The molecule has 16 heavy (non-hydrogen) atoms. The lowest BCUT2D eigenvalue weighted by Crippen LogP contribution is -2.45. The fourth-order valence-electron chi connectivity index (χ4n) is 2.29. The van der Waals surface area contributed by atoms with Gasteiger partial charge >= 0.3 is 0 Å². The summed E-state index contributed by atoms with van der Waals surface area (Å²) in [6.45, 7) is 14.1. The normalized spacial score (nSPS) is 18.4. The number of rotatable bonds is 9. The molecule has 0 spiro atoms. The zero-order valence-electron chi connectivity index (χ0n) is 11.6. The highest BCUT2D eigenvalue weighted by molar-refractivity contribution is 4.81. The van der Waals surface area contributed by atoms with Crippen LogP contribution in [0.3, 0.4) is 0 Å². The predicted molar refractivity (Wildman–Crippen MR) is 71.8 cm³/mol. The molecule has 0 radical (unpaired) electrons. The predicted octanol–water partition coefficient (Wildman–Crippen LogP) is 2.74. The van der Waals surface area contributed by atoms with Crippen LogP contribution in [-0.2, 0) is 0 Å². The van der Waals surface area contributed by atoms with E-state index in [4.69, 9.17) is 0 Å². The van der Waals surface area contributed by atoms with E-state index >= 15 is 0 Å². The molecule has 0 aliphatic heterocycles. The third kappa shape index (κ3) is 5.31. The third-order valence-electron chi connectivity index (χ3n) is 3.48.